The van der Waals surface area contributed by atoms with Crippen LogP contribution in [0.25, 0.3) is 0 Å². The van der Waals surface area contributed by atoms with Crippen molar-refractivity contribution in [3.63, 3.8) is 0 Å². The molecule has 5 N–H and O–H groups in total. The van der Waals surface area contributed by atoms with Crippen molar-refractivity contribution in [1.29, 1.82) is 0 Å². The summed E-state index contributed by atoms with van der Waals surface area (Å²) in [6, 6.07) is 7.13. The molecular formula is C15H23N3O2. The summed E-state index contributed by atoms with van der Waals surface area (Å²) in [6.07, 6.45) is 2.48. The normalized spacial score (nSPS) is 11.9. The SMILES string of the molecule is CC(CCN)CCC(=O)Nc1ccc(CC(N)=O)cc1. The molecule has 0 radical (unpaired) electrons. The standard InChI is InChI=1S/C15H23N3O2/c1-11(8-9-16)2-7-15(20)18-13-5-3-12(4-6-13)10-14(17)19/h3-6,11H,2,7-10,16H2,1H3,(H2,17,19)(H,18,20). The first-order valence-corrected chi connectivity index (χ1v) is 6.88. The summed E-state index contributed by atoms with van der Waals surface area (Å²) >= 11 is 0. The van der Waals surface area contributed by atoms with Crippen LogP contribution in [0.2, 0.25) is 0 Å². The molecule has 0 saturated heterocycles. The second kappa shape index (κ2) is 8.32. The van der Waals surface area contributed by atoms with Crippen molar-refractivity contribution >= 4 is 17.5 Å². The van der Waals surface area contributed by atoms with E-state index in [1.807, 2.05) is 0 Å². The van der Waals surface area contributed by atoms with Crippen molar-refractivity contribution in [1.82, 2.24) is 0 Å². The van der Waals surface area contributed by atoms with Crippen LogP contribution >= 0.6 is 0 Å². The lowest BCUT2D eigenvalue weighted by Gasteiger charge is -2.10. The molecule has 0 heterocycles. The fraction of sp³-hybridized carbons (Fsp3) is 0.467. The molecule has 20 heavy (non-hydrogen) atoms. The Morgan fingerprint density at radius 3 is 2.40 bits per heavy atom. The summed E-state index contributed by atoms with van der Waals surface area (Å²) in [5.41, 5.74) is 12.2. The van der Waals surface area contributed by atoms with Crippen molar-refractivity contribution in [3.8, 4) is 0 Å². The molecule has 0 aliphatic rings. The third-order valence-corrected chi connectivity index (χ3v) is 3.14. The van der Waals surface area contributed by atoms with Gasteiger partial charge in [-0.25, -0.2) is 0 Å². The van der Waals surface area contributed by atoms with E-state index in [4.69, 9.17) is 11.5 Å². The largest absolute Gasteiger partial charge is 0.369 e. The van der Waals surface area contributed by atoms with E-state index in [-0.39, 0.29) is 18.2 Å². The number of carbonyl (C=O) groups excluding carboxylic acids is 2. The molecule has 1 rings (SSSR count). The molecular weight excluding hydrogens is 254 g/mol. The van der Waals surface area contributed by atoms with Gasteiger partial charge in [-0.05, 0) is 43.0 Å². The van der Waals surface area contributed by atoms with Crippen LogP contribution in [0.3, 0.4) is 0 Å². The second-order valence-electron chi connectivity index (χ2n) is 5.11. The second-order valence-corrected chi connectivity index (χ2v) is 5.11. The molecule has 1 unspecified atom stereocenters. The van der Waals surface area contributed by atoms with Gasteiger partial charge in [-0.15, -0.1) is 0 Å². The Morgan fingerprint density at radius 1 is 1.20 bits per heavy atom. The van der Waals surface area contributed by atoms with E-state index in [0.717, 1.165) is 24.1 Å². The molecule has 5 heteroatoms. The van der Waals surface area contributed by atoms with Crippen LogP contribution in [0, 0.1) is 5.92 Å². The zero-order chi connectivity index (χ0) is 15.0. The minimum atomic E-state index is -0.365. The lowest BCUT2D eigenvalue weighted by Crippen LogP contribution is -2.15. The first kappa shape index (κ1) is 16.2. The Morgan fingerprint density at radius 2 is 1.85 bits per heavy atom. The highest BCUT2D eigenvalue weighted by Gasteiger charge is 2.07. The van der Waals surface area contributed by atoms with Crippen LogP contribution in [0.4, 0.5) is 5.69 Å². The number of amides is 2. The number of carbonyl (C=O) groups is 2. The summed E-state index contributed by atoms with van der Waals surface area (Å²) in [6.45, 7) is 2.75. The first-order chi connectivity index (χ1) is 9.51. The Labute approximate surface area is 119 Å². The van der Waals surface area contributed by atoms with Crippen LogP contribution in [0.5, 0.6) is 0 Å². The highest BCUT2D eigenvalue weighted by atomic mass is 16.1. The third-order valence-electron chi connectivity index (χ3n) is 3.14. The number of anilines is 1. The maximum atomic E-state index is 11.8. The quantitative estimate of drug-likeness (QED) is 0.670. The van der Waals surface area contributed by atoms with Crippen LogP contribution in [-0.4, -0.2) is 18.4 Å². The molecule has 1 aromatic carbocycles. The van der Waals surface area contributed by atoms with Gasteiger partial charge in [0.1, 0.15) is 0 Å². The van der Waals surface area contributed by atoms with Crippen molar-refractivity contribution < 1.29 is 9.59 Å². The maximum Gasteiger partial charge on any atom is 0.224 e. The fourth-order valence-electron chi connectivity index (χ4n) is 1.94. The minimum Gasteiger partial charge on any atom is -0.369 e. The maximum absolute atomic E-state index is 11.8. The number of nitrogens with one attached hydrogen (secondary N) is 1. The Kier molecular flexibility index (Phi) is 6.73. The van der Waals surface area contributed by atoms with E-state index in [0.29, 0.717) is 18.9 Å². The molecule has 1 aromatic rings. The van der Waals surface area contributed by atoms with Crippen molar-refractivity contribution in [3.05, 3.63) is 29.8 Å². The number of rotatable bonds is 8. The lowest BCUT2D eigenvalue weighted by molar-refractivity contribution is -0.117. The monoisotopic (exact) mass is 277 g/mol. The van der Waals surface area contributed by atoms with Gasteiger partial charge in [0.25, 0.3) is 0 Å². The van der Waals surface area contributed by atoms with Crippen LogP contribution < -0.4 is 16.8 Å². The summed E-state index contributed by atoms with van der Waals surface area (Å²) < 4.78 is 0. The predicted molar refractivity (Wildman–Crippen MR) is 80.0 cm³/mol. The van der Waals surface area contributed by atoms with Crippen molar-refractivity contribution in [2.45, 2.75) is 32.6 Å². The van der Waals surface area contributed by atoms with E-state index in [2.05, 4.69) is 12.2 Å². The Bertz CT molecular complexity index is 443. The van der Waals surface area contributed by atoms with Gasteiger partial charge >= 0.3 is 0 Å². The molecule has 1 atom stereocenters. The summed E-state index contributed by atoms with van der Waals surface area (Å²) in [4.78, 5) is 22.5. The van der Waals surface area contributed by atoms with Crippen LogP contribution in [0.15, 0.2) is 24.3 Å². The van der Waals surface area contributed by atoms with E-state index in [9.17, 15) is 9.59 Å². The molecule has 0 spiro atoms. The molecule has 0 bridgehead atoms. The summed E-state index contributed by atoms with van der Waals surface area (Å²) in [7, 11) is 0. The smallest absolute Gasteiger partial charge is 0.224 e. The molecule has 0 aromatic heterocycles. The van der Waals surface area contributed by atoms with Gasteiger partial charge in [-0.1, -0.05) is 19.1 Å². The van der Waals surface area contributed by atoms with Crippen molar-refractivity contribution in [2.24, 2.45) is 17.4 Å². The predicted octanol–water partition coefficient (Wildman–Crippen LogP) is 1.42. The van der Waals surface area contributed by atoms with Crippen LogP contribution in [0.1, 0.15) is 31.7 Å². The van der Waals surface area contributed by atoms with Gasteiger partial charge in [0.2, 0.25) is 11.8 Å². The number of benzene rings is 1. The zero-order valence-electron chi connectivity index (χ0n) is 11.9. The number of hydrogen-bond acceptors (Lipinski definition) is 3. The number of primary amides is 1. The van der Waals surface area contributed by atoms with Crippen LogP contribution in [-0.2, 0) is 16.0 Å². The topological polar surface area (TPSA) is 98.2 Å². The van der Waals surface area contributed by atoms with Gasteiger partial charge in [-0.2, -0.15) is 0 Å². The molecule has 110 valence electrons. The highest BCUT2D eigenvalue weighted by molar-refractivity contribution is 5.90. The highest BCUT2D eigenvalue weighted by Crippen LogP contribution is 2.13. The average molecular weight is 277 g/mol. The van der Waals surface area contributed by atoms with Gasteiger partial charge in [-0.3, -0.25) is 9.59 Å². The van der Waals surface area contributed by atoms with Crippen molar-refractivity contribution in [2.75, 3.05) is 11.9 Å². The first-order valence-electron chi connectivity index (χ1n) is 6.88. The zero-order valence-corrected chi connectivity index (χ0v) is 11.9. The minimum absolute atomic E-state index is 0.00322. The summed E-state index contributed by atoms with van der Waals surface area (Å²) in [5.74, 6) is 0.0934. The van der Waals surface area contributed by atoms with E-state index in [1.165, 1.54) is 0 Å². The molecule has 5 nitrogen and oxygen atoms in total. The lowest BCUT2D eigenvalue weighted by atomic mass is 10.0. The number of nitrogens with two attached hydrogens (primary N) is 2. The Hall–Kier alpha value is -1.88. The molecule has 0 aliphatic heterocycles. The van der Waals surface area contributed by atoms with Gasteiger partial charge in [0, 0.05) is 12.1 Å². The van der Waals surface area contributed by atoms with E-state index >= 15 is 0 Å². The molecule has 0 saturated carbocycles. The fourth-order valence-corrected chi connectivity index (χ4v) is 1.94. The third kappa shape index (κ3) is 6.33. The summed E-state index contributed by atoms with van der Waals surface area (Å²) in [5, 5.41) is 2.83. The average Bonchev–Trinajstić information content (AvgIpc) is 2.38. The van der Waals surface area contributed by atoms with E-state index in [1.54, 1.807) is 24.3 Å². The van der Waals surface area contributed by atoms with Gasteiger partial charge in [0.05, 0.1) is 6.42 Å². The molecule has 0 aliphatic carbocycles. The van der Waals surface area contributed by atoms with Gasteiger partial charge < -0.3 is 16.8 Å². The molecule has 2 amide bonds. The molecule has 0 fully saturated rings. The number of hydrogen-bond donors (Lipinski definition) is 3. The van der Waals surface area contributed by atoms with Gasteiger partial charge in [0.15, 0.2) is 0 Å². The van der Waals surface area contributed by atoms with E-state index < -0.39 is 0 Å². The Balaban J connectivity index is 2.40.